The van der Waals surface area contributed by atoms with E-state index >= 15 is 0 Å². The molecule has 300 valence electrons. The zero-order chi connectivity index (χ0) is 42.4. The first kappa shape index (κ1) is 37.3. The monoisotopic (exact) mass is 814 g/mol. The fourth-order valence-electron chi connectivity index (χ4n) is 9.94. The van der Waals surface area contributed by atoms with Crippen LogP contribution in [0.2, 0.25) is 0 Å². The summed E-state index contributed by atoms with van der Waals surface area (Å²) in [6, 6.07) is 92.8. The number of hydrogen-bond acceptors (Lipinski definition) is 1. The highest BCUT2D eigenvalue weighted by Crippen LogP contribution is 2.51. The van der Waals surface area contributed by atoms with Crippen LogP contribution in [0.15, 0.2) is 255 Å². The molecule has 1 aromatic heterocycles. The highest BCUT2D eigenvalue weighted by Gasteiger charge is 2.24. The maximum atomic E-state index is 2.47. The Balaban J connectivity index is 1.19. The second-order valence-electron chi connectivity index (χ2n) is 16.4. The van der Waals surface area contributed by atoms with Crippen LogP contribution in [0.25, 0.3) is 93.5 Å². The summed E-state index contributed by atoms with van der Waals surface area (Å²) >= 11 is 0. The molecule has 0 aliphatic rings. The van der Waals surface area contributed by atoms with Crippen LogP contribution in [0, 0.1) is 0 Å². The number of nitrogens with zero attached hydrogens (tertiary/aromatic N) is 2. The third-order valence-electron chi connectivity index (χ3n) is 12.7. The van der Waals surface area contributed by atoms with Crippen molar-refractivity contribution in [3.8, 4) is 50.2 Å². The van der Waals surface area contributed by atoms with Crippen molar-refractivity contribution in [2.24, 2.45) is 0 Å². The fraction of sp³-hybridized carbons (Fsp3) is 0. The van der Waals surface area contributed by atoms with E-state index in [9.17, 15) is 0 Å². The van der Waals surface area contributed by atoms with Crippen LogP contribution in [0.3, 0.4) is 0 Å². The van der Waals surface area contributed by atoms with E-state index in [1.54, 1.807) is 0 Å². The molecule has 0 saturated heterocycles. The third-order valence-corrected chi connectivity index (χ3v) is 12.7. The van der Waals surface area contributed by atoms with Gasteiger partial charge in [0.05, 0.1) is 16.7 Å². The standard InChI is InChI=1S/C62H42N2/c1-5-20-43(21-6-1)45-24-17-26-47(40-45)60-53-33-13-14-34-54(53)61(48-27-18-25-46(41-48)44-22-7-2-8-23-44)62-55(60)35-19-37-59(62)63(49-28-9-3-10-29-49)51-38-39-58-56(42-51)52-32-15-16-36-57(52)64(58)50-30-11-4-12-31-50/h1-42H. The largest absolute Gasteiger partial charge is 0.310 e. The first-order chi connectivity index (χ1) is 31.8. The molecule has 0 saturated carbocycles. The predicted molar refractivity (Wildman–Crippen MR) is 272 cm³/mol. The number of anilines is 3. The van der Waals surface area contributed by atoms with E-state index in [-0.39, 0.29) is 0 Å². The molecule has 0 amide bonds. The molecule has 0 bridgehead atoms. The van der Waals surface area contributed by atoms with Gasteiger partial charge in [-0.05, 0) is 127 Å². The highest BCUT2D eigenvalue weighted by atomic mass is 15.1. The van der Waals surface area contributed by atoms with Crippen LogP contribution >= 0.6 is 0 Å². The summed E-state index contributed by atoms with van der Waals surface area (Å²) in [5, 5.41) is 7.25. The molecule has 0 aliphatic carbocycles. The lowest BCUT2D eigenvalue weighted by Gasteiger charge is -2.29. The summed E-state index contributed by atoms with van der Waals surface area (Å²) in [6.45, 7) is 0. The second-order valence-corrected chi connectivity index (χ2v) is 16.4. The van der Waals surface area contributed by atoms with Crippen molar-refractivity contribution >= 4 is 60.4 Å². The minimum Gasteiger partial charge on any atom is -0.310 e. The maximum Gasteiger partial charge on any atom is 0.0546 e. The van der Waals surface area contributed by atoms with Crippen molar-refractivity contribution in [2.45, 2.75) is 0 Å². The van der Waals surface area contributed by atoms with Gasteiger partial charge in [0.1, 0.15) is 0 Å². The van der Waals surface area contributed by atoms with E-state index in [0.29, 0.717) is 0 Å². The van der Waals surface area contributed by atoms with E-state index in [1.807, 2.05) is 0 Å². The third kappa shape index (κ3) is 6.35. The number of rotatable bonds is 8. The van der Waals surface area contributed by atoms with Gasteiger partial charge in [-0.3, -0.25) is 0 Å². The molecule has 12 aromatic rings. The van der Waals surface area contributed by atoms with E-state index in [4.69, 9.17) is 0 Å². The second kappa shape index (κ2) is 15.8. The quantitative estimate of drug-likeness (QED) is 0.139. The molecule has 64 heavy (non-hydrogen) atoms. The van der Waals surface area contributed by atoms with Crippen molar-refractivity contribution in [1.82, 2.24) is 4.57 Å². The van der Waals surface area contributed by atoms with Gasteiger partial charge in [-0.2, -0.15) is 0 Å². The molecule has 0 fully saturated rings. The van der Waals surface area contributed by atoms with Crippen molar-refractivity contribution < 1.29 is 0 Å². The fourth-order valence-corrected chi connectivity index (χ4v) is 9.94. The molecule has 2 nitrogen and oxygen atoms in total. The van der Waals surface area contributed by atoms with Gasteiger partial charge in [0, 0.05) is 33.2 Å². The Hall–Kier alpha value is -8.46. The number of hydrogen-bond donors (Lipinski definition) is 0. The van der Waals surface area contributed by atoms with Crippen LogP contribution in [-0.2, 0) is 0 Å². The molecule has 0 aliphatic heterocycles. The first-order valence-electron chi connectivity index (χ1n) is 22.0. The van der Waals surface area contributed by atoms with Gasteiger partial charge in [-0.25, -0.2) is 0 Å². The lowest BCUT2D eigenvalue weighted by molar-refractivity contribution is 1.18. The Labute approximate surface area is 373 Å². The van der Waals surface area contributed by atoms with Crippen molar-refractivity contribution in [3.63, 3.8) is 0 Å². The maximum absolute atomic E-state index is 2.47. The van der Waals surface area contributed by atoms with Gasteiger partial charge in [0.2, 0.25) is 0 Å². The number of benzene rings is 11. The summed E-state index contributed by atoms with van der Waals surface area (Å²) in [6.07, 6.45) is 0. The Morgan fingerprint density at radius 2 is 0.734 bits per heavy atom. The molecule has 0 radical (unpaired) electrons. The average molecular weight is 815 g/mol. The zero-order valence-corrected chi connectivity index (χ0v) is 35.1. The average Bonchev–Trinajstić information content (AvgIpc) is 3.70. The van der Waals surface area contributed by atoms with Crippen LogP contribution in [-0.4, -0.2) is 4.57 Å². The van der Waals surface area contributed by atoms with Gasteiger partial charge in [-0.15, -0.1) is 0 Å². The Bertz CT molecular complexity index is 3650. The van der Waals surface area contributed by atoms with Gasteiger partial charge in [0.25, 0.3) is 0 Å². The normalized spacial score (nSPS) is 11.4. The Kier molecular flexibility index (Phi) is 9.20. The lowest BCUT2D eigenvalue weighted by atomic mass is 9.84. The van der Waals surface area contributed by atoms with Crippen molar-refractivity contribution in [1.29, 1.82) is 0 Å². The van der Waals surface area contributed by atoms with Gasteiger partial charge < -0.3 is 9.47 Å². The predicted octanol–water partition coefficient (Wildman–Crippen LogP) is 17.2. The van der Waals surface area contributed by atoms with Crippen molar-refractivity contribution in [2.75, 3.05) is 4.90 Å². The smallest absolute Gasteiger partial charge is 0.0546 e. The summed E-state index contributed by atoms with van der Waals surface area (Å²) in [5.74, 6) is 0. The molecule has 0 spiro atoms. The van der Waals surface area contributed by atoms with E-state index in [0.717, 1.165) is 22.7 Å². The number of fused-ring (bicyclic) bond motifs is 5. The van der Waals surface area contributed by atoms with E-state index in [2.05, 4.69) is 264 Å². The summed E-state index contributed by atoms with van der Waals surface area (Å²) in [5.41, 5.74) is 16.4. The van der Waals surface area contributed by atoms with Crippen LogP contribution in [0.1, 0.15) is 0 Å². The van der Waals surface area contributed by atoms with E-state index in [1.165, 1.54) is 87.9 Å². The topological polar surface area (TPSA) is 8.17 Å². The minimum atomic E-state index is 1.09. The Morgan fingerprint density at radius 3 is 1.39 bits per heavy atom. The SMILES string of the molecule is c1ccc(-c2cccc(-c3c4ccccc4c(-c4cccc(-c5ccccc5)c4)c4c(N(c5ccccc5)c5ccc6c(c5)c5ccccc5n6-c5ccccc5)cccc34)c2)cc1. The van der Waals surface area contributed by atoms with Gasteiger partial charge in [0.15, 0.2) is 0 Å². The number of aromatic nitrogens is 1. The molecular weight excluding hydrogens is 773 g/mol. The first-order valence-corrected chi connectivity index (χ1v) is 22.0. The van der Waals surface area contributed by atoms with Crippen LogP contribution < -0.4 is 4.90 Å². The zero-order valence-electron chi connectivity index (χ0n) is 35.1. The Morgan fingerprint density at radius 1 is 0.266 bits per heavy atom. The van der Waals surface area contributed by atoms with Crippen molar-refractivity contribution in [3.05, 3.63) is 255 Å². The summed E-state index contributed by atoms with van der Waals surface area (Å²) < 4.78 is 2.39. The molecule has 2 heteroatoms. The highest BCUT2D eigenvalue weighted by molar-refractivity contribution is 6.25. The van der Waals surface area contributed by atoms with Crippen LogP contribution in [0.4, 0.5) is 17.1 Å². The molecule has 0 unspecified atom stereocenters. The van der Waals surface area contributed by atoms with Crippen LogP contribution in [0.5, 0.6) is 0 Å². The molecule has 12 rings (SSSR count). The minimum absolute atomic E-state index is 1.09. The lowest BCUT2D eigenvalue weighted by Crippen LogP contribution is -2.11. The number of para-hydroxylation sites is 3. The van der Waals surface area contributed by atoms with E-state index < -0.39 is 0 Å². The van der Waals surface area contributed by atoms with Gasteiger partial charge in [-0.1, -0.05) is 188 Å². The molecule has 0 atom stereocenters. The molecule has 1 heterocycles. The molecule has 11 aromatic carbocycles. The molecular formula is C62H42N2. The van der Waals surface area contributed by atoms with Gasteiger partial charge >= 0.3 is 0 Å². The summed E-state index contributed by atoms with van der Waals surface area (Å²) in [7, 11) is 0. The molecule has 0 N–H and O–H groups in total. The summed E-state index contributed by atoms with van der Waals surface area (Å²) in [4.78, 5) is 2.47.